The van der Waals surface area contributed by atoms with Crippen LogP contribution in [0.5, 0.6) is 0 Å². The Morgan fingerprint density at radius 2 is 2.06 bits per heavy atom. The Kier molecular flexibility index (Phi) is 3.75. The van der Waals surface area contributed by atoms with Crippen LogP contribution in [0.25, 0.3) is 0 Å². The number of hydrogen-bond acceptors (Lipinski definition) is 3. The number of nitrogens with two attached hydrogens (primary N) is 1. The summed E-state index contributed by atoms with van der Waals surface area (Å²) in [6.45, 7) is 4.24. The molecule has 0 atom stereocenters. The fourth-order valence-corrected chi connectivity index (χ4v) is 2.26. The molecule has 0 saturated carbocycles. The van der Waals surface area contributed by atoms with Crippen LogP contribution in [0.4, 0.5) is 11.4 Å². The number of aryl methyl sites for hydroxylation is 1. The van der Waals surface area contributed by atoms with Crippen LogP contribution in [0.1, 0.15) is 18.4 Å². The van der Waals surface area contributed by atoms with E-state index in [1.165, 1.54) is 0 Å². The molecule has 2 rings (SSSR count). The van der Waals surface area contributed by atoms with Gasteiger partial charge in [-0.05, 0) is 43.5 Å². The van der Waals surface area contributed by atoms with E-state index in [1.807, 2.05) is 42.0 Å². The van der Waals surface area contributed by atoms with Gasteiger partial charge in [0.2, 0.25) is 5.91 Å². The molecule has 1 fully saturated rings. The lowest BCUT2D eigenvalue weighted by Crippen LogP contribution is -2.37. The van der Waals surface area contributed by atoms with Gasteiger partial charge in [-0.1, -0.05) is 0 Å². The maximum atomic E-state index is 12.0. The number of carbonyl (C=O) groups excluding carboxylic acids is 1. The second-order valence-corrected chi connectivity index (χ2v) is 4.98. The molecular weight excluding hydrogens is 226 g/mol. The third kappa shape index (κ3) is 2.75. The summed E-state index contributed by atoms with van der Waals surface area (Å²) in [5.74, 6) is 0.212. The van der Waals surface area contributed by atoms with Gasteiger partial charge in [-0.15, -0.1) is 0 Å². The van der Waals surface area contributed by atoms with Gasteiger partial charge in [-0.3, -0.25) is 4.79 Å². The van der Waals surface area contributed by atoms with E-state index in [9.17, 15) is 4.79 Å². The van der Waals surface area contributed by atoms with Crippen LogP contribution >= 0.6 is 0 Å². The molecule has 0 aromatic heterocycles. The van der Waals surface area contributed by atoms with Crippen molar-refractivity contribution in [3.63, 3.8) is 0 Å². The first kappa shape index (κ1) is 12.7. The number of amides is 1. The van der Waals surface area contributed by atoms with E-state index < -0.39 is 0 Å². The average molecular weight is 247 g/mol. The van der Waals surface area contributed by atoms with E-state index in [0.717, 1.165) is 42.9 Å². The fourth-order valence-electron chi connectivity index (χ4n) is 2.26. The van der Waals surface area contributed by atoms with Crippen LogP contribution in [0.15, 0.2) is 18.2 Å². The molecule has 1 aromatic carbocycles. The van der Waals surface area contributed by atoms with Crippen LogP contribution in [0.3, 0.4) is 0 Å². The summed E-state index contributed by atoms with van der Waals surface area (Å²) in [5, 5.41) is 0. The third-order valence-electron chi connectivity index (χ3n) is 3.53. The largest absolute Gasteiger partial charge is 0.399 e. The minimum Gasteiger partial charge on any atom is -0.399 e. The van der Waals surface area contributed by atoms with Gasteiger partial charge in [-0.2, -0.15) is 0 Å². The highest BCUT2D eigenvalue weighted by atomic mass is 16.2. The van der Waals surface area contributed by atoms with E-state index in [1.54, 1.807) is 0 Å². The summed E-state index contributed by atoms with van der Waals surface area (Å²) in [6.07, 6.45) is 2.27. The van der Waals surface area contributed by atoms with Crippen LogP contribution < -0.4 is 10.6 Å². The zero-order valence-corrected chi connectivity index (χ0v) is 11.1. The molecule has 0 aliphatic carbocycles. The summed E-state index contributed by atoms with van der Waals surface area (Å²) in [4.78, 5) is 16.0. The molecule has 1 amide bonds. The van der Waals surface area contributed by atoms with Gasteiger partial charge in [0.05, 0.1) is 6.54 Å². The number of nitrogens with zero attached hydrogens (tertiary/aromatic N) is 2. The Hall–Kier alpha value is -1.71. The van der Waals surface area contributed by atoms with Crippen LogP contribution in [-0.4, -0.2) is 37.5 Å². The maximum Gasteiger partial charge on any atom is 0.242 e. The van der Waals surface area contributed by atoms with E-state index in [2.05, 4.69) is 0 Å². The van der Waals surface area contributed by atoms with Crippen LogP contribution in [-0.2, 0) is 4.79 Å². The molecular formula is C14H21N3O. The topological polar surface area (TPSA) is 49.6 Å². The summed E-state index contributed by atoms with van der Waals surface area (Å²) in [7, 11) is 1.94. The number of rotatable bonds is 3. The maximum absolute atomic E-state index is 12.0. The number of carbonyl (C=O) groups is 1. The number of anilines is 2. The van der Waals surface area contributed by atoms with Crippen molar-refractivity contribution in [3.8, 4) is 0 Å². The quantitative estimate of drug-likeness (QED) is 0.826. The molecule has 0 bridgehead atoms. The van der Waals surface area contributed by atoms with Crippen LogP contribution in [0.2, 0.25) is 0 Å². The van der Waals surface area contributed by atoms with Crippen LogP contribution in [0, 0.1) is 6.92 Å². The number of nitrogen functional groups attached to an aromatic ring is 1. The Balaban J connectivity index is 2.00. The van der Waals surface area contributed by atoms with E-state index in [0.29, 0.717) is 6.54 Å². The molecule has 1 aliphatic heterocycles. The molecule has 0 spiro atoms. The van der Waals surface area contributed by atoms with Crippen molar-refractivity contribution >= 4 is 17.3 Å². The van der Waals surface area contributed by atoms with Crippen molar-refractivity contribution in [2.24, 2.45) is 0 Å². The second-order valence-electron chi connectivity index (χ2n) is 4.98. The average Bonchev–Trinajstić information content (AvgIpc) is 2.86. The molecule has 1 heterocycles. The lowest BCUT2D eigenvalue weighted by atomic mass is 10.1. The first-order valence-electron chi connectivity index (χ1n) is 6.43. The molecule has 1 saturated heterocycles. The normalized spacial score (nSPS) is 14.9. The van der Waals surface area contributed by atoms with Gasteiger partial charge in [0.25, 0.3) is 0 Å². The minimum atomic E-state index is 0.212. The highest BCUT2D eigenvalue weighted by Crippen LogP contribution is 2.19. The van der Waals surface area contributed by atoms with Gasteiger partial charge in [0.1, 0.15) is 0 Å². The van der Waals surface area contributed by atoms with Crippen molar-refractivity contribution < 1.29 is 4.79 Å². The van der Waals surface area contributed by atoms with E-state index in [4.69, 9.17) is 5.73 Å². The number of likely N-dealkylation sites (tertiary alicyclic amines) is 1. The second kappa shape index (κ2) is 5.29. The molecule has 1 aliphatic rings. The molecule has 18 heavy (non-hydrogen) atoms. The molecule has 1 aromatic rings. The van der Waals surface area contributed by atoms with Gasteiger partial charge in [0, 0.05) is 31.5 Å². The first-order chi connectivity index (χ1) is 8.58. The molecule has 2 N–H and O–H groups in total. The smallest absolute Gasteiger partial charge is 0.242 e. The number of benzene rings is 1. The molecule has 4 nitrogen and oxygen atoms in total. The third-order valence-corrected chi connectivity index (χ3v) is 3.53. The van der Waals surface area contributed by atoms with E-state index in [-0.39, 0.29) is 5.91 Å². The zero-order chi connectivity index (χ0) is 13.1. The monoisotopic (exact) mass is 247 g/mol. The van der Waals surface area contributed by atoms with Gasteiger partial charge in [0.15, 0.2) is 0 Å². The SMILES string of the molecule is Cc1cc(N(C)CC(=O)N2CCCC2)ccc1N. The summed E-state index contributed by atoms with van der Waals surface area (Å²) in [5.41, 5.74) is 8.67. The Morgan fingerprint density at radius 3 is 2.67 bits per heavy atom. The Morgan fingerprint density at radius 1 is 1.39 bits per heavy atom. The Bertz CT molecular complexity index is 439. The van der Waals surface area contributed by atoms with Crippen molar-refractivity contribution in [2.75, 3.05) is 37.3 Å². The molecule has 0 unspecified atom stereocenters. The van der Waals surface area contributed by atoms with Gasteiger partial charge >= 0.3 is 0 Å². The summed E-state index contributed by atoms with van der Waals surface area (Å²) >= 11 is 0. The molecule has 0 radical (unpaired) electrons. The predicted octanol–water partition coefficient (Wildman–Crippen LogP) is 1.64. The zero-order valence-electron chi connectivity index (χ0n) is 11.1. The molecule has 4 heteroatoms. The standard InChI is InChI=1S/C14H21N3O/c1-11-9-12(5-6-13(11)15)16(2)10-14(18)17-7-3-4-8-17/h5-6,9H,3-4,7-8,10,15H2,1-2H3. The lowest BCUT2D eigenvalue weighted by molar-refractivity contribution is -0.128. The number of hydrogen-bond donors (Lipinski definition) is 1. The van der Waals surface area contributed by atoms with E-state index >= 15 is 0 Å². The fraction of sp³-hybridized carbons (Fsp3) is 0.500. The summed E-state index contributed by atoms with van der Waals surface area (Å²) in [6, 6.07) is 5.87. The minimum absolute atomic E-state index is 0.212. The van der Waals surface area contributed by atoms with Crippen molar-refractivity contribution in [3.05, 3.63) is 23.8 Å². The molecule has 98 valence electrons. The Labute approximate surface area is 108 Å². The predicted molar refractivity (Wildman–Crippen MR) is 74.7 cm³/mol. The highest BCUT2D eigenvalue weighted by molar-refractivity contribution is 5.81. The van der Waals surface area contributed by atoms with Gasteiger partial charge < -0.3 is 15.5 Å². The lowest BCUT2D eigenvalue weighted by Gasteiger charge is -2.23. The van der Waals surface area contributed by atoms with Crippen molar-refractivity contribution in [1.82, 2.24) is 4.90 Å². The van der Waals surface area contributed by atoms with Crippen molar-refractivity contribution in [1.29, 1.82) is 0 Å². The first-order valence-corrected chi connectivity index (χ1v) is 6.43. The number of likely N-dealkylation sites (N-methyl/N-ethyl adjacent to an activating group) is 1. The van der Waals surface area contributed by atoms with Gasteiger partial charge in [-0.25, -0.2) is 0 Å². The summed E-state index contributed by atoms with van der Waals surface area (Å²) < 4.78 is 0. The highest BCUT2D eigenvalue weighted by Gasteiger charge is 2.19. The van der Waals surface area contributed by atoms with Crippen molar-refractivity contribution in [2.45, 2.75) is 19.8 Å².